The predicted molar refractivity (Wildman–Crippen MR) is 71.6 cm³/mol. The van der Waals surface area contributed by atoms with E-state index in [9.17, 15) is 0 Å². The Balaban J connectivity index is 2.78. The molecule has 4 nitrogen and oxygen atoms in total. The molecule has 0 saturated heterocycles. The van der Waals surface area contributed by atoms with Crippen LogP contribution in [-0.4, -0.2) is 43.7 Å². The van der Waals surface area contributed by atoms with Gasteiger partial charge in [0.25, 0.3) is 0 Å². The average molecular weight is 237 g/mol. The van der Waals surface area contributed by atoms with Crippen molar-refractivity contribution in [2.24, 2.45) is 5.92 Å². The van der Waals surface area contributed by atoms with Gasteiger partial charge in [-0.15, -0.1) is 0 Å². The van der Waals surface area contributed by atoms with E-state index in [0.717, 1.165) is 18.1 Å². The number of rotatable bonds is 6. The molecule has 1 atom stereocenters. The summed E-state index contributed by atoms with van der Waals surface area (Å²) in [5.41, 5.74) is 0. The van der Waals surface area contributed by atoms with Crippen LogP contribution in [0.3, 0.4) is 0 Å². The van der Waals surface area contributed by atoms with E-state index in [0.29, 0.717) is 12.0 Å². The molecule has 0 amide bonds. The van der Waals surface area contributed by atoms with Crippen molar-refractivity contribution >= 4 is 5.82 Å². The molecule has 0 fully saturated rings. The monoisotopic (exact) mass is 237 g/mol. The van der Waals surface area contributed by atoms with Crippen LogP contribution in [0.4, 0.5) is 5.82 Å². The highest BCUT2D eigenvalue weighted by Gasteiger charge is 2.16. The van der Waals surface area contributed by atoms with Crippen molar-refractivity contribution < 1.29 is 4.74 Å². The van der Waals surface area contributed by atoms with Crippen LogP contribution in [0.1, 0.15) is 13.8 Å². The van der Waals surface area contributed by atoms with Crippen molar-refractivity contribution in [2.75, 3.05) is 33.1 Å². The number of nitrogens with one attached hydrogen (secondary N) is 1. The van der Waals surface area contributed by atoms with E-state index in [1.165, 1.54) is 0 Å². The minimum Gasteiger partial charge on any atom is -0.493 e. The molecule has 4 heteroatoms. The SMILES string of the molecule is COc1cccnc1NC(CN(C)C)C(C)C. The topological polar surface area (TPSA) is 37.4 Å². The molecule has 0 saturated carbocycles. The van der Waals surface area contributed by atoms with Crippen molar-refractivity contribution in [1.29, 1.82) is 0 Å². The summed E-state index contributed by atoms with van der Waals surface area (Å²) in [5.74, 6) is 2.14. The number of methoxy groups -OCH3 is 1. The van der Waals surface area contributed by atoms with Gasteiger partial charge >= 0.3 is 0 Å². The molecular weight excluding hydrogens is 214 g/mol. The highest BCUT2D eigenvalue weighted by atomic mass is 16.5. The Morgan fingerprint density at radius 2 is 2.12 bits per heavy atom. The van der Waals surface area contributed by atoms with Gasteiger partial charge in [0.05, 0.1) is 7.11 Å². The first-order valence-electron chi connectivity index (χ1n) is 5.95. The van der Waals surface area contributed by atoms with Crippen molar-refractivity contribution in [3.05, 3.63) is 18.3 Å². The van der Waals surface area contributed by atoms with E-state index in [2.05, 4.69) is 43.1 Å². The first-order valence-corrected chi connectivity index (χ1v) is 5.95. The smallest absolute Gasteiger partial charge is 0.169 e. The molecule has 1 N–H and O–H groups in total. The molecule has 1 aromatic rings. The van der Waals surface area contributed by atoms with Crippen molar-refractivity contribution in [3.63, 3.8) is 0 Å². The molecule has 1 heterocycles. The quantitative estimate of drug-likeness (QED) is 0.822. The van der Waals surface area contributed by atoms with E-state index >= 15 is 0 Å². The van der Waals surface area contributed by atoms with Gasteiger partial charge in [0, 0.05) is 18.8 Å². The lowest BCUT2D eigenvalue weighted by Crippen LogP contribution is -2.36. The molecule has 17 heavy (non-hydrogen) atoms. The van der Waals surface area contributed by atoms with E-state index in [1.807, 2.05) is 12.1 Å². The average Bonchev–Trinajstić information content (AvgIpc) is 2.28. The molecule has 1 unspecified atom stereocenters. The fourth-order valence-electron chi connectivity index (χ4n) is 1.66. The lowest BCUT2D eigenvalue weighted by Gasteiger charge is -2.26. The van der Waals surface area contributed by atoms with Gasteiger partial charge in [-0.25, -0.2) is 4.98 Å². The Morgan fingerprint density at radius 3 is 2.65 bits per heavy atom. The van der Waals surface area contributed by atoms with Crippen LogP contribution in [0.2, 0.25) is 0 Å². The number of pyridine rings is 1. The largest absolute Gasteiger partial charge is 0.493 e. The standard InChI is InChI=1S/C13H23N3O/c1-10(2)11(9-16(3)4)15-13-12(17-5)7-6-8-14-13/h6-8,10-11H,9H2,1-5H3,(H,14,15). The van der Waals surface area contributed by atoms with Gasteiger partial charge in [-0.05, 0) is 32.1 Å². The summed E-state index contributed by atoms with van der Waals surface area (Å²) in [6.07, 6.45) is 1.78. The molecule has 1 rings (SSSR count). The first-order chi connectivity index (χ1) is 8.04. The van der Waals surface area contributed by atoms with Gasteiger partial charge in [0.15, 0.2) is 11.6 Å². The third-order valence-electron chi connectivity index (χ3n) is 2.68. The summed E-state index contributed by atoms with van der Waals surface area (Å²) in [7, 11) is 5.82. The third kappa shape index (κ3) is 4.23. The third-order valence-corrected chi connectivity index (χ3v) is 2.68. The molecule has 0 aliphatic heterocycles. The van der Waals surface area contributed by atoms with Crippen molar-refractivity contribution in [1.82, 2.24) is 9.88 Å². The van der Waals surface area contributed by atoms with Crippen LogP contribution < -0.4 is 10.1 Å². The lowest BCUT2D eigenvalue weighted by atomic mass is 10.0. The number of anilines is 1. The summed E-state index contributed by atoms with van der Waals surface area (Å²) >= 11 is 0. The summed E-state index contributed by atoms with van der Waals surface area (Å²) in [6, 6.07) is 4.15. The normalized spacial score (nSPS) is 12.9. The molecule has 0 aliphatic carbocycles. The Labute approximate surface area is 104 Å². The minimum atomic E-state index is 0.355. The van der Waals surface area contributed by atoms with Gasteiger partial charge < -0.3 is 15.0 Å². The second-order valence-electron chi connectivity index (χ2n) is 4.81. The van der Waals surface area contributed by atoms with E-state index in [1.54, 1.807) is 13.3 Å². The van der Waals surface area contributed by atoms with Crippen LogP contribution in [-0.2, 0) is 0 Å². The zero-order valence-electron chi connectivity index (χ0n) is 11.4. The zero-order valence-corrected chi connectivity index (χ0v) is 11.4. The molecule has 0 radical (unpaired) electrons. The Kier molecular flexibility index (Phi) is 5.22. The fourth-order valence-corrected chi connectivity index (χ4v) is 1.66. The maximum atomic E-state index is 5.29. The van der Waals surface area contributed by atoms with Crippen LogP contribution >= 0.6 is 0 Å². The van der Waals surface area contributed by atoms with Crippen LogP contribution in [0.5, 0.6) is 5.75 Å². The van der Waals surface area contributed by atoms with Crippen LogP contribution in [0, 0.1) is 5.92 Å². The Morgan fingerprint density at radius 1 is 1.41 bits per heavy atom. The molecule has 0 bridgehead atoms. The summed E-state index contributed by atoms with van der Waals surface area (Å²) in [5, 5.41) is 3.45. The summed E-state index contributed by atoms with van der Waals surface area (Å²) in [6.45, 7) is 5.38. The maximum Gasteiger partial charge on any atom is 0.169 e. The molecule has 0 aliphatic rings. The molecule has 0 spiro atoms. The van der Waals surface area contributed by atoms with E-state index in [-0.39, 0.29) is 0 Å². The second-order valence-corrected chi connectivity index (χ2v) is 4.81. The highest BCUT2D eigenvalue weighted by molar-refractivity contribution is 5.50. The van der Waals surface area contributed by atoms with Crippen molar-refractivity contribution in [2.45, 2.75) is 19.9 Å². The number of nitrogens with zero attached hydrogens (tertiary/aromatic N) is 2. The van der Waals surface area contributed by atoms with Gasteiger partial charge in [-0.2, -0.15) is 0 Å². The Hall–Kier alpha value is -1.29. The number of aromatic nitrogens is 1. The van der Waals surface area contributed by atoms with Gasteiger partial charge in [-0.1, -0.05) is 13.8 Å². The fraction of sp³-hybridized carbons (Fsp3) is 0.615. The second kappa shape index (κ2) is 6.45. The molecule has 1 aromatic heterocycles. The number of likely N-dealkylation sites (N-methyl/N-ethyl adjacent to an activating group) is 1. The van der Waals surface area contributed by atoms with Gasteiger partial charge in [0.2, 0.25) is 0 Å². The van der Waals surface area contributed by atoms with E-state index < -0.39 is 0 Å². The van der Waals surface area contributed by atoms with E-state index in [4.69, 9.17) is 4.74 Å². The Bertz CT molecular complexity index is 339. The number of hydrogen-bond acceptors (Lipinski definition) is 4. The highest BCUT2D eigenvalue weighted by Crippen LogP contribution is 2.22. The minimum absolute atomic E-state index is 0.355. The maximum absolute atomic E-state index is 5.29. The first kappa shape index (κ1) is 13.8. The number of ether oxygens (including phenoxy) is 1. The molecule has 96 valence electrons. The molecular formula is C13H23N3O. The predicted octanol–water partition coefficient (Wildman–Crippen LogP) is 2.09. The van der Waals surface area contributed by atoms with Crippen LogP contribution in [0.25, 0.3) is 0 Å². The van der Waals surface area contributed by atoms with Crippen LogP contribution in [0.15, 0.2) is 18.3 Å². The van der Waals surface area contributed by atoms with Crippen molar-refractivity contribution in [3.8, 4) is 5.75 Å². The molecule has 0 aromatic carbocycles. The number of hydrogen-bond donors (Lipinski definition) is 1. The summed E-state index contributed by atoms with van der Waals surface area (Å²) in [4.78, 5) is 6.50. The summed E-state index contributed by atoms with van der Waals surface area (Å²) < 4.78 is 5.29. The van der Waals surface area contributed by atoms with Gasteiger partial charge in [-0.3, -0.25) is 0 Å². The van der Waals surface area contributed by atoms with Gasteiger partial charge in [0.1, 0.15) is 0 Å². The lowest BCUT2D eigenvalue weighted by molar-refractivity contribution is 0.342. The zero-order chi connectivity index (χ0) is 12.8.